The van der Waals surface area contributed by atoms with Crippen LogP contribution in [0.15, 0.2) is 41.5 Å². The SMILES string of the molecule is CCOc1cc([C@@H]2[C@H](c3ccccn3)N=C3S[C@H](C)CN32)cc(Cl)c1OC. The van der Waals surface area contributed by atoms with Crippen LogP contribution in [0.25, 0.3) is 0 Å². The van der Waals surface area contributed by atoms with Gasteiger partial charge in [0.05, 0.1) is 30.5 Å². The monoisotopic (exact) mass is 403 g/mol. The molecule has 0 spiro atoms. The van der Waals surface area contributed by atoms with Crippen LogP contribution in [0.4, 0.5) is 0 Å². The Morgan fingerprint density at radius 1 is 1.33 bits per heavy atom. The Hall–Kier alpha value is -1.92. The predicted octanol–water partition coefficient (Wildman–Crippen LogP) is 4.73. The molecule has 3 atom stereocenters. The summed E-state index contributed by atoms with van der Waals surface area (Å²) in [7, 11) is 1.61. The van der Waals surface area contributed by atoms with Crippen LogP contribution in [0.3, 0.4) is 0 Å². The van der Waals surface area contributed by atoms with Gasteiger partial charge in [-0.15, -0.1) is 0 Å². The lowest BCUT2D eigenvalue weighted by atomic mass is 9.96. The van der Waals surface area contributed by atoms with Crippen LogP contribution in [-0.4, -0.2) is 40.6 Å². The molecule has 0 radical (unpaired) electrons. The Kier molecular flexibility index (Phi) is 5.19. The molecule has 7 heteroatoms. The van der Waals surface area contributed by atoms with E-state index in [1.54, 1.807) is 7.11 Å². The molecule has 0 unspecified atom stereocenters. The molecular formula is C20H22ClN3O2S. The molecule has 0 amide bonds. The highest BCUT2D eigenvalue weighted by molar-refractivity contribution is 8.14. The average molecular weight is 404 g/mol. The second-order valence-electron chi connectivity index (χ2n) is 6.60. The van der Waals surface area contributed by atoms with Crippen molar-refractivity contribution in [1.82, 2.24) is 9.88 Å². The van der Waals surface area contributed by atoms with Gasteiger partial charge in [-0.25, -0.2) is 0 Å². The zero-order valence-electron chi connectivity index (χ0n) is 15.6. The van der Waals surface area contributed by atoms with E-state index in [0.29, 0.717) is 28.4 Å². The summed E-state index contributed by atoms with van der Waals surface area (Å²) in [6.45, 7) is 5.67. The fourth-order valence-electron chi connectivity index (χ4n) is 3.70. The Morgan fingerprint density at radius 3 is 2.89 bits per heavy atom. The molecule has 0 bridgehead atoms. The number of ether oxygens (including phenoxy) is 2. The molecule has 0 N–H and O–H groups in total. The van der Waals surface area contributed by atoms with Gasteiger partial charge >= 0.3 is 0 Å². The molecule has 1 aromatic heterocycles. The minimum Gasteiger partial charge on any atom is -0.491 e. The highest BCUT2D eigenvalue weighted by atomic mass is 35.5. The van der Waals surface area contributed by atoms with Crippen LogP contribution in [-0.2, 0) is 0 Å². The molecule has 2 aliphatic rings. The van der Waals surface area contributed by atoms with Gasteiger partial charge in [-0.2, -0.15) is 0 Å². The molecule has 0 saturated carbocycles. The second kappa shape index (κ2) is 7.60. The smallest absolute Gasteiger partial charge is 0.179 e. The van der Waals surface area contributed by atoms with E-state index in [-0.39, 0.29) is 12.1 Å². The van der Waals surface area contributed by atoms with Crippen LogP contribution in [0.2, 0.25) is 5.02 Å². The quantitative estimate of drug-likeness (QED) is 0.722. The van der Waals surface area contributed by atoms with Crippen molar-refractivity contribution < 1.29 is 9.47 Å². The van der Waals surface area contributed by atoms with Gasteiger partial charge in [-0.1, -0.05) is 36.4 Å². The van der Waals surface area contributed by atoms with Crippen molar-refractivity contribution >= 4 is 28.5 Å². The fourth-order valence-corrected chi connectivity index (χ4v) is 5.09. The van der Waals surface area contributed by atoms with E-state index in [1.807, 2.05) is 55.2 Å². The summed E-state index contributed by atoms with van der Waals surface area (Å²) in [6.07, 6.45) is 1.82. The summed E-state index contributed by atoms with van der Waals surface area (Å²) < 4.78 is 11.2. The highest BCUT2D eigenvalue weighted by Gasteiger charge is 2.43. The van der Waals surface area contributed by atoms with Crippen LogP contribution >= 0.6 is 23.4 Å². The van der Waals surface area contributed by atoms with Crippen molar-refractivity contribution in [2.75, 3.05) is 20.3 Å². The highest BCUT2D eigenvalue weighted by Crippen LogP contribution is 2.49. The van der Waals surface area contributed by atoms with Crippen LogP contribution in [0, 0.1) is 0 Å². The molecule has 142 valence electrons. The van der Waals surface area contributed by atoms with Gasteiger partial charge in [-0.05, 0) is 36.8 Å². The number of amidine groups is 1. The van der Waals surface area contributed by atoms with Gasteiger partial charge in [0, 0.05) is 18.0 Å². The molecule has 3 heterocycles. The van der Waals surface area contributed by atoms with E-state index in [2.05, 4.69) is 16.8 Å². The Bertz CT molecular complexity index is 862. The van der Waals surface area contributed by atoms with Crippen LogP contribution < -0.4 is 9.47 Å². The van der Waals surface area contributed by atoms with Crippen molar-refractivity contribution in [3.05, 3.63) is 52.8 Å². The minimum atomic E-state index is -0.0693. The predicted molar refractivity (Wildman–Crippen MR) is 110 cm³/mol. The number of rotatable bonds is 5. The van der Waals surface area contributed by atoms with Crippen molar-refractivity contribution in [3.8, 4) is 11.5 Å². The van der Waals surface area contributed by atoms with E-state index in [1.165, 1.54) is 0 Å². The van der Waals surface area contributed by atoms with E-state index in [0.717, 1.165) is 23.0 Å². The third-order valence-corrected chi connectivity index (χ3v) is 6.14. The molecule has 1 aromatic carbocycles. The molecule has 27 heavy (non-hydrogen) atoms. The lowest BCUT2D eigenvalue weighted by molar-refractivity contribution is 0.302. The summed E-state index contributed by atoms with van der Waals surface area (Å²) in [5.41, 5.74) is 2.02. The first kappa shape index (κ1) is 18.4. The number of thioether (sulfide) groups is 1. The first-order valence-corrected chi connectivity index (χ1v) is 10.3. The van der Waals surface area contributed by atoms with E-state index in [9.17, 15) is 0 Å². The van der Waals surface area contributed by atoms with Gasteiger partial charge < -0.3 is 14.4 Å². The Morgan fingerprint density at radius 2 is 2.19 bits per heavy atom. The Balaban J connectivity index is 1.80. The van der Waals surface area contributed by atoms with Gasteiger partial charge in [0.25, 0.3) is 0 Å². The van der Waals surface area contributed by atoms with Crippen molar-refractivity contribution in [1.29, 1.82) is 0 Å². The van der Waals surface area contributed by atoms with E-state index < -0.39 is 0 Å². The number of nitrogens with zero attached hydrogens (tertiary/aromatic N) is 3. The molecule has 1 fully saturated rings. The maximum absolute atomic E-state index is 6.53. The first-order chi connectivity index (χ1) is 13.1. The summed E-state index contributed by atoms with van der Waals surface area (Å²) in [5.74, 6) is 1.23. The van der Waals surface area contributed by atoms with Crippen molar-refractivity contribution in [2.45, 2.75) is 31.2 Å². The van der Waals surface area contributed by atoms with E-state index >= 15 is 0 Å². The number of benzene rings is 1. The zero-order chi connectivity index (χ0) is 19.0. The number of fused-ring (bicyclic) bond motifs is 1. The van der Waals surface area contributed by atoms with Crippen molar-refractivity contribution in [3.63, 3.8) is 0 Å². The second-order valence-corrected chi connectivity index (χ2v) is 8.42. The molecule has 4 rings (SSSR count). The molecule has 2 aliphatic heterocycles. The molecule has 2 aromatic rings. The number of hydrogen-bond donors (Lipinski definition) is 0. The Labute approximate surface area is 168 Å². The normalized spacial score (nSPS) is 23.9. The van der Waals surface area contributed by atoms with Gasteiger partial charge in [0.15, 0.2) is 16.7 Å². The zero-order valence-corrected chi connectivity index (χ0v) is 17.1. The maximum Gasteiger partial charge on any atom is 0.179 e. The minimum absolute atomic E-state index is 0.0370. The third-order valence-electron chi connectivity index (χ3n) is 4.76. The fraction of sp³-hybridized carbons (Fsp3) is 0.400. The third kappa shape index (κ3) is 3.36. The molecule has 0 aliphatic carbocycles. The maximum atomic E-state index is 6.53. The molecule has 5 nitrogen and oxygen atoms in total. The van der Waals surface area contributed by atoms with Crippen LogP contribution in [0.1, 0.15) is 37.2 Å². The number of hydrogen-bond acceptors (Lipinski definition) is 6. The number of pyridine rings is 1. The summed E-state index contributed by atoms with van der Waals surface area (Å²) >= 11 is 8.35. The first-order valence-electron chi connectivity index (χ1n) is 9.04. The largest absolute Gasteiger partial charge is 0.491 e. The summed E-state index contributed by atoms with van der Waals surface area (Å²) in [6, 6.07) is 9.93. The lowest BCUT2D eigenvalue weighted by Gasteiger charge is -2.28. The van der Waals surface area contributed by atoms with Gasteiger partial charge in [0.1, 0.15) is 6.04 Å². The van der Waals surface area contributed by atoms with Crippen LogP contribution in [0.5, 0.6) is 11.5 Å². The molecular weight excluding hydrogens is 382 g/mol. The number of aromatic nitrogens is 1. The average Bonchev–Trinajstić information content (AvgIpc) is 3.18. The standard InChI is InChI=1S/C20H22ClN3O2S/c1-4-26-16-10-13(9-14(21)19(16)25-3)18-17(15-7-5-6-8-22-15)23-20-24(18)11-12(2)27-20/h5-10,12,17-18H,4,11H2,1-3H3/t12-,17+,18-/m1/s1. The summed E-state index contributed by atoms with van der Waals surface area (Å²) in [5, 5.41) is 2.13. The van der Waals surface area contributed by atoms with E-state index in [4.69, 9.17) is 26.1 Å². The number of methoxy groups -OCH3 is 1. The molecule has 1 saturated heterocycles. The number of aliphatic imine (C=N–C) groups is 1. The van der Waals surface area contributed by atoms with Gasteiger partial charge in [-0.3, -0.25) is 9.98 Å². The number of halogens is 1. The summed E-state index contributed by atoms with van der Waals surface area (Å²) in [4.78, 5) is 11.9. The lowest BCUT2D eigenvalue weighted by Crippen LogP contribution is -2.28. The van der Waals surface area contributed by atoms with Crippen molar-refractivity contribution in [2.24, 2.45) is 4.99 Å². The topological polar surface area (TPSA) is 47.0 Å². The van der Waals surface area contributed by atoms with Gasteiger partial charge in [0.2, 0.25) is 0 Å².